The summed E-state index contributed by atoms with van der Waals surface area (Å²) in [6.45, 7) is 4.39. The fourth-order valence-corrected chi connectivity index (χ4v) is 2.39. The number of rotatable bonds is 5. The van der Waals surface area contributed by atoms with E-state index in [0.717, 1.165) is 22.4 Å². The number of carbonyl (C=O) groups excluding carboxylic acids is 1. The maximum Gasteiger partial charge on any atom is 0.319 e. The molecule has 0 bridgehead atoms. The average molecular weight is 298 g/mol. The summed E-state index contributed by atoms with van der Waals surface area (Å²) in [5.41, 5.74) is 3.85. The van der Waals surface area contributed by atoms with Gasteiger partial charge >= 0.3 is 6.03 Å². The van der Waals surface area contributed by atoms with Crippen molar-refractivity contribution in [2.24, 2.45) is 0 Å². The Morgan fingerprint density at radius 1 is 1.09 bits per heavy atom. The number of amides is 2. The van der Waals surface area contributed by atoms with Crippen LogP contribution in [0.1, 0.15) is 29.2 Å². The molecule has 0 aliphatic heterocycles. The molecule has 0 aromatic heterocycles. The number of hydrogen-bond donors (Lipinski definition) is 3. The topological polar surface area (TPSA) is 61.4 Å². The molecule has 0 aliphatic carbocycles. The monoisotopic (exact) mass is 298 g/mol. The van der Waals surface area contributed by atoms with Crippen molar-refractivity contribution in [1.29, 1.82) is 0 Å². The van der Waals surface area contributed by atoms with Crippen LogP contribution in [0.5, 0.6) is 0 Å². The summed E-state index contributed by atoms with van der Waals surface area (Å²) in [7, 11) is 0. The fourth-order valence-electron chi connectivity index (χ4n) is 2.39. The van der Waals surface area contributed by atoms with Crippen LogP contribution in [0.2, 0.25) is 0 Å². The van der Waals surface area contributed by atoms with Gasteiger partial charge in [0.25, 0.3) is 0 Å². The van der Waals surface area contributed by atoms with Gasteiger partial charge in [-0.2, -0.15) is 0 Å². The first-order valence-electron chi connectivity index (χ1n) is 7.41. The van der Waals surface area contributed by atoms with Crippen LogP contribution in [0.25, 0.3) is 0 Å². The minimum atomic E-state index is -0.567. The van der Waals surface area contributed by atoms with Crippen LogP contribution in [-0.4, -0.2) is 17.7 Å². The summed E-state index contributed by atoms with van der Waals surface area (Å²) in [5, 5.41) is 15.6. The zero-order chi connectivity index (χ0) is 15.9. The first kappa shape index (κ1) is 16.0. The first-order valence-corrected chi connectivity index (χ1v) is 7.41. The molecule has 116 valence electrons. The van der Waals surface area contributed by atoms with E-state index in [-0.39, 0.29) is 6.03 Å². The molecule has 22 heavy (non-hydrogen) atoms. The van der Waals surface area contributed by atoms with Gasteiger partial charge in [0.05, 0.1) is 6.10 Å². The third-order valence-electron chi connectivity index (χ3n) is 3.37. The van der Waals surface area contributed by atoms with Gasteiger partial charge in [0.1, 0.15) is 0 Å². The smallest absolute Gasteiger partial charge is 0.319 e. The molecule has 1 atom stereocenters. The number of carbonyl (C=O) groups is 1. The number of aryl methyl sites for hydroxylation is 2. The molecular weight excluding hydrogens is 276 g/mol. The molecule has 0 fully saturated rings. The Morgan fingerprint density at radius 2 is 1.73 bits per heavy atom. The summed E-state index contributed by atoms with van der Waals surface area (Å²) < 4.78 is 0. The molecule has 2 aromatic rings. The van der Waals surface area contributed by atoms with Gasteiger partial charge in [-0.15, -0.1) is 0 Å². The number of aliphatic hydroxyl groups is 1. The number of aliphatic hydroxyl groups excluding tert-OH is 1. The predicted octanol–water partition coefficient (Wildman–Crippen LogP) is 3.55. The minimum Gasteiger partial charge on any atom is -0.388 e. The second kappa shape index (κ2) is 7.61. The number of anilines is 1. The van der Waals surface area contributed by atoms with Crippen molar-refractivity contribution in [3.05, 3.63) is 65.2 Å². The molecule has 0 saturated heterocycles. The van der Waals surface area contributed by atoms with Crippen molar-refractivity contribution in [3.8, 4) is 0 Å². The molecule has 0 spiro atoms. The zero-order valence-corrected chi connectivity index (χ0v) is 13.0. The van der Waals surface area contributed by atoms with Crippen LogP contribution >= 0.6 is 0 Å². The third kappa shape index (κ3) is 4.90. The Kier molecular flexibility index (Phi) is 5.55. The van der Waals surface area contributed by atoms with E-state index in [2.05, 4.69) is 16.7 Å². The second-order valence-corrected chi connectivity index (χ2v) is 5.47. The van der Waals surface area contributed by atoms with Crippen molar-refractivity contribution in [2.75, 3.05) is 11.9 Å². The molecule has 1 unspecified atom stereocenters. The molecule has 2 amide bonds. The SMILES string of the molecule is Cc1cc(C)cc(NC(=O)NCCC(O)c2ccccc2)c1. The quantitative estimate of drug-likeness (QED) is 0.790. The van der Waals surface area contributed by atoms with Crippen LogP contribution in [0.3, 0.4) is 0 Å². The standard InChI is InChI=1S/C18H22N2O2/c1-13-10-14(2)12-16(11-13)20-18(22)19-9-8-17(21)15-6-4-3-5-7-15/h3-7,10-12,17,21H,8-9H2,1-2H3,(H2,19,20,22). The number of hydrogen-bond acceptors (Lipinski definition) is 2. The summed E-state index contributed by atoms with van der Waals surface area (Å²) in [5.74, 6) is 0. The van der Waals surface area contributed by atoms with Gasteiger partial charge in [0.2, 0.25) is 0 Å². The van der Waals surface area contributed by atoms with Crippen LogP contribution in [0.4, 0.5) is 10.5 Å². The minimum absolute atomic E-state index is 0.259. The van der Waals surface area contributed by atoms with Gasteiger partial charge in [-0.1, -0.05) is 36.4 Å². The highest BCUT2D eigenvalue weighted by molar-refractivity contribution is 5.89. The molecule has 0 radical (unpaired) electrons. The molecule has 4 heteroatoms. The van der Waals surface area contributed by atoms with Crippen molar-refractivity contribution >= 4 is 11.7 Å². The van der Waals surface area contributed by atoms with E-state index in [0.29, 0.717) is 13.0 Å². The van der Waals surface area contributed by atoms with Crippen molar-refractivity contribution in [2.45, 2.75) is 26.4 Å². The molecule has 4 nitrogen and oxygen atoms in total. The van der Waals surface area contributed by atoms with E-state index >= 15 is 0 Å². The molecule has 0 heterocycles. The lowest BCUT2D eigenvalue weighted by Gasteiger charge is -2.12. The van der Waals surface area contributed by atoms with Gasteiger partial charge in [-0.25, -0.2) is 4.79 Å². The first-order chi connectivity index (χ1) is 10.5. The van der Waals surface area contributed by atoms with Gasteiger partial charge in [0, 0.05) is 12.2 Å². The van der Waals surface area contributed by atoms with Crippen LogP contribution in [-0.2, 0) is 0 Å². The predicted molar refractivity (Wildman–Crippen MR) is 89.0 cm³/mol. The Bertz CT molecular complexity index is 606. The number of benzene rings is 2. The van der Waals surface area contributed by atoms with Gasteiger partial charge < -0.3 is 15.7 Å². The molecule has 2 rings (SSSR count). The normalized spacial score (nSPS) is 11.8. The van der Waals surface area contributed by atoms with E-state index in [1.165, 1.54) is 0 Å². The summed E-state index contributed by atoms with van der Waals surface area (Å²) in [4.78, 5) is 11.8. The van der Waals surface area contributed by atoms with Crippen molar-refractivity contribution in [3.63, 3.8) is 0 Å². The van der Waals surface area contributed by atoms with Crippen LogP contribution in [0.15, 0.2) is 48.5 Å². The van der Waals surface area contributed by atoms with E-state index in [9.17, 15) is 9.90 Å². The molecule has 0 saturated carbocycles. The van der Waals surface area contributed by atoms with Crippen molar-refractivity contribution in [1.82, 2.24) is 5.32 Å². The number of nitrogens with one attached hydrogen (secondary N) is 2. The summed E-state index contributed by atoms with van der Waals surface area (Å²) in [6.07, 6.45) is -0.0905. The lowest BCUT2D eigenvalue weighted by molar-refractivity contribution is 0.167. The van der Waals surface area contributed by atoms with Gasteiger partial charge in [-0.05, 0) is 49.1 Å². The van der Waals surface area contributed by atoms with Gasteiger partial charge in [-0.3, -0.25) is 0 Å². The summed E-state index contributed by atoms with van der Waals surface area (Å²) in [6, 6.07) is 15.1. The molecule has 0 aliphatic rings. The maximum atomic E-state index is 11.8. The average Bonchev–Trinajstić information content (AvgIpc) is 2.47. The lowest BCUT2D eigenvalue weighted by Crippen LogP contribution is -2.30. The van der Waals surface area contributed by atoms with Crippen molar-refractivity contribution < 1.29 is 9.90 Å². The Morgan fingerprint density at radius 3 is 2.36 bits per heavy atom. The highest BCUT2D eigenvalue weighted by atomic mass is 16.3. The largest absolute Gasteiger partial charge is 0.388 e. The van der Waals surface area contributed by atoms with E-state index in [1.807, 2.05) is 56.3 Å². The Labute approximate surface area is 131 Å². The second-order valence-electron chi connectivity index (χ2n) is 5.47. The fraction of sp³-hybridized carbons (Fsp3) is 0.278. The lowest BCUT2D eigenvalue weighted by atomic mass is 10.1. The zero-order valence-electron chi connectivity index (χ0n) is 13.0. The van der Waals surface area contributed by atoms with E-state index in [1.54, 1.807) is 0 Å². The molecule has 3 N–H and O–H groups in total. The van der Waals surface area contributed by atoms with E-state index < -0.39 is 6.10 Å². The third-order valence-corrected chi connectivity index (χ3v) is 3.37. The van der Waals surface area contributed by atoms with E-state index in [4.69, 9.17) is 0 Å². The Hall–Kier alpha value is -2.33. The number of urea groups is 1. The maximum absolute atomic E-state index is 11.8. The highest BCUT2D eigenvalue weighted by Crippen LogP contribution is 2.15. The van der Waals surface area contributed by atoms with Gasteiger partial charge in [0.15, 0.2) is 0 Å². The molecule has 2 aromatic carbocycles. The summed E-state index contributed by atoms with van der Waals surface area (Å²) >= 11 is 0. The van der Waals surface area contributed by atoms with Crippen LogP contribution in [0, 0.1) is 13.8 Å². The highest BCUT2D eigenvalue weighted by Gasteiger charge is 2.08. The van der Waals surface area contributed by atoms with Crippen LogP contribution < -0.4 is 10.6 Å². The molecular formula is C18H22N2O2. The Balaban J connectivity index is 1.78.